The molecule has 0 atom stereocenters. The van der Waals surface area contributed by atoms with E-state index in [1.165, 1.54) is 0 Å². The van der Waals surface area contributed by atoms with Gasteiger partial charge in [0.1, 0.15) is 11.6 Å². The Bertz CT molecular complexity index is 394. The third kappa shape index (κ3) is 4.65. The maximum atomic E-state index is 5.41. The maximum absolute atomic E-state index is 5.41. The molecule has 1 aliphatic rings. The number of nitrogens with one attached hydrogen (secondary N) is 1. The standard InChI is InChI=1S/C13H22N4O2/c1-3-19-13-10-12(15-11(2)16-13)14-4-5-17-6-8-18-9-7-17/h10H,3-9H2,1-2H3,(H,14,15,16). The molecule has 1 N–H and O–H groups in total. The summed E-state index contributed by atoms with van der Waals surface area (Å²) >= 11 is 0. The first-order valence-corrected chi connectivity index (χ1v) is 6.80. The lowest BCUT2D eigenvalue weighted by Crippen LogP contribution is -2.39. The van der Waals surface area contributed by atoms with Crippen molar-refractivity contribution in [2.75, 3.05) is 51.3 Å². The van der Waals surface area contributed by atoms with Gasteiger partial charge in [-0.2, -0.15) is 4.98 Å². The van der Waals surface area contributed by atoms with Gasteiger partial charge >= 0.3 is 0 Å². The Labute approximate surface area is 114 Å². The molecule has 0 unspecified atom stereocenters. The van der Waals surface area contributed by atoms with Gasteiger partial charge in [-0.3, -0.25) is 4.90 Å². The van der Waals surface area contributed by atoms with Crippen LogP contribution in [-0.2, 0) is 4.74 Å². The fourth-order valence-electron chi connectivity index (χ4n) is 2.02. The van der Waals surface area contributed by atoms with E-state index in [0.29, 0.717) is 12.5 Å². The molecule has 106 valence electrons. The second-order valence-electron chi connectivity index (χ2n) is 4.45. The smallest absolute Gasteiger partial charge is 0.218 e. The Kier molecular flexibility index (Phi) is 5.35. The van der Waals surface area contributed by atoms with Crippen LogP contribution in [0.15, 0.2) is 6.07 Å². The average molecular weight is 266 g/mol. The zero-order valence-corrected chi connectivity index (χ0v) is 11.7. The van der Waals surface area contributed by atoms with Crippen LogP contribution in [0.5, 0.6) is 5.88 Å². The zero-order chi connectivity index (χ0) is 13.5. The monoisotopic (exact) mass is 266 g/mol. The number of ether oxygens (including phenoxy) is 2. The Morgan fingerprint density at radius 2 is 2.16 bits per heavy atom. The first-order valence-electron chi connectivity index (χ1n) is 6.80. The van der Waals surface area contributed by atoms with Crippen LogP contribution < -0.4 is 10.1 Å². The molecule has 0 saturated carbocycles. The average Bonchev–Trinajstić information content (AvgIpc) is 2.40. The van der Waals surface area contributed by atoms with Crippen LogP contribution in [0.2, 0.25) is 0 Å². The Balaban J connectivity index is 1.81. The third-order valence-corrected chi connectivity index (χ3v) is 2.94. The van der Waals surface area contributed by atoms with Crippen molar-refractivity contribution in [2.45, 2.75) is 13.8 Å². The molecule has 0 amide bonds. The molecule has 6 heteroatoms. The second kappa shape index (κ2) is 7.25. The molecule has 0 aliphatic carbocycles. The predicted molar refractivity (Wildman–Crippen MR) is 73.7 cm³/mol. The first kappa shape index (κ1) is 14.0. The highest BCUT2D eigenvalue weighted by molar-refractivity contribution is 5.38. The fraction of sp³-hybridized carbons (Fsp3) is 0.692. The van der Waals surface area contributed by atoms with Crippen LogP contribution in [0, 0.1) is 6.92 Å². The molecule has 6 nitrogen and oxygen atoms in total. The highest BCUT2D eigenvalue weighted by Gasteiger charge is 2.09. The normalized spacial score (nSPS) is 16.3. The number of aryl methyl sites for hydroxylation is 1. The van der Waals surface area contributed by atoms with Crippen LogP contribution in [-0.4, -0.2) is 60.9 Å². The molecule has 2 heterocycles. The molecule has 0 radical (unpaired) electrons. The summed E-state index contributed by atoms with van der Waals surface area (Å²) in [5, 5.41) is 3.32. The molecule has 1 saturated heterocycles. The summed E-state index contributed by atoms with van der Waals surface area (Å²) < 4.78 is 10.7. The van der Waals surface area contributed by atoms with E-state index in [-0.39, 0.29) is 0 Å². The molecule has 2 rings (SSSR count). The number of hydrogen-bond donors (Lipinski definition) is 1. The topological polar surface area (TPSA) is 59.5 Å². The molecule has 0 bridgehead atoms. The van der Waals surface area contributed by atoms with Gasteiger partial charge in [0.2, 0.25) is 5.88 Å². The number of hydrogen-bond acceptors (Lipinski definition) is 6. The van der Waals surface area contributed by atoms with Crippen LogP contribution in [0.3, 0.4) is 0 Å². The van der Waals surface area contributed by atoms with E-state index in [4.69, 9.17) is 9.47 Å². The summed E-state index contributed by atoms with van der Waals surface area (Å²) in [5.41, 5.74) is 0. The van der Waals surface area contributed by atoms with Gasteiger partial charge in [-0.25, -0.2) is 4.98 Å². The van der Waals surface area contributed by atoms with Gasteiger partial charge in [-0.1, -0.05) is 0 Å². The molecule has 1 fully saturated rings. The van der Waals surface area contributed by atoms with E-state index in [1.807, 2.05) is 19.9 Å². The van der Waals surface area contributed by atoms with Crippen molar-refractivity contribution < 1.29 is 9.47 Å². The van der Waals surface area contributed by atoms with E-state index in [1.54, 1.807) is 0 Å². The summed E-state index contributed by atoms with van der Waals surface area (Å²) in [7, 11) is 0. The van der Waals surface area contributed by atoms with Gasteiger partial charge < -0.3 is 14.8 Å². The minimum Gasteiger partial charge on any atom is -0.478 e. The molecular weight excluding hydrogens is 244 g/mol. The fourth-order valence-corrected chi connectivity index (χ4v) is 2.02. The van der Waals surface area contributed by atoms with E-state index >= 15 is 0 Å². The van der Waals surface area contributed by atoms with E-state index in [9.17, 15) is 0 Å². The summed E-state index contributed by atoms with van der Waals surface area (Å²) in [5.74, 6) is 2.17. The van der Waals surface area contributed by atoms with Crippen molar-refractivity contribution in [3.63, 3.8) is 0 Å². The maximum Gasteiger partial charge on any atom is 0.218 e. The molecule has 19 heavy (non-hydrogen) atoms. The highest BCUT2D eigenvalue weighted by Crippen LogP contribution is 2.13. The van der Waals surface area contributed by atoms with E-state index in [0.717, 1.165) is 51.0 Å². The minimum atomic E-state index is 0.615. The molecule has 0 spiro atoms. The van der Waals surface area contributed by atoms with Crippen LogP contribution in [0.4, 0.5) is 5.82 Å². The largest absolute Gasteiger partial charge is 0.478 e. The van der Waals surface area contributed by atoms with Crippen molar-refractivity contribution in [1.82, 2.24) is 14.9 Å². The van der Waals surface area contributed by atoms with Crippen molar-refractivity contribution in [2.24, 2.45) is 0 Å². The highest BCUT2D eigenvalue weighted by atomic mass is 16.5. The number of nitrogens with zero attached hydrogens (tertiary/aromatic N) is 3. The number of anilines is 1. The van der Waals surface area contributed by atoms with Gasteiger partial charge in [0, 0.05) is 32.2 Å². The molecule has 1 aromatic rings. The summed E-state index contributed by atoms with van der Waals surface area (Å²) in [6.07, 6.45) is 0. The molecular formula is C13H22N4O2. The lowest BCUT2D eigenvalue weighted by Gasteiger charge is -2.26. The molecule has 1 aromatic heterocycles. The van der Waals surface area contributed by atoms with E-state index in [2.05, 4.69) is 20.2 Å². The van der Waals surface area contributed by atoms with E-state index < -0.39 is 0 Å². The summed E-state index contributed by atoms with van der Waals surface area (Å²) in [4.78, 5) is 11.0. The van der Waals surface area contributed by atoms with Crippen LogP contribution in [0.1, 0.15) is 12.7 Å². The second-order valence-corrected chi connectivity index (χ2v) is 4.45. The van der Waals surface area contributed by atoms with Crippen molar-refractivity contribution in [3.8, 4) is 5.88 Å². The van der Waals surface area contributed by atoms with Gasteiger partial charge in [-0.15, -0.1) is 0 Å². The SMILES string of the molecule is CCOc1cc(NCCN2CCOCC2)nc(C)n1. The Hall–Kier alpha value is -1.40. The third-order valence-electron chi connectivity index (χ3n) is 2.94. The Morgan fingerprint density at radius 3 is 2.89 bits per heavy atom. The van der Waals surface area contributed by atoms with Crippen molar-refractivity contribution in [3.05, 3.63) is 11.9 Å². The molecule has 1 aliphatic heterocycles. The van der Waals surface area contributed by atoms with Gasteiger partial charge in [0.05, 0.1) is 19.8 Å². The predicted octanol–water partition coefficient (Wildman–Crippen LogP) is 0.928. The summed E-state index contributed by atoms with van der Waals surface area (Å²) in [6, 6.07) is 1.84. The van der Waals surface area contributed by atoms with Crippen LogP contribution in [0.25, 0.3) is 0 Å². The minimum absolute atomic E-state index is 0.615. The lowest BCUT2D eigenvalue weighted by molar-refractivity contribution is 0.0398. The van der Waals surface area contributed by atoms with Gasteiger partial charge in [0.25, 0.3) is 0 Å². The quantitative estimate of drug-likeness (QED) is 0.826. The zero-order valence-electron chi connectivity index (χ0n) is 11.7. The number of morpholine rings is 1. The first-order chi connectivity index (χ1) is 9.28. The lowest BCUT2D eigenvalue weighted by atomic mass is 10.4. The van der Waals surface area contributed by atoms with Crippen molar-refractivity contribution in [1.29, 1.82) is 0 Å². The Morgan fingerprint density at radius 1 is 1.37 bits per heavy atom. The van der Waals surface area contributed by atoms with Crippen molar-refractivity contribution >= 4 is 5.82 Å². The van der Waals surface area contributed by atoms with Gasteiger partial charge in [0.15, 0.2) is 0 Å². The number of rotatable bonds is 6. The van der Waals surface area contributed by atoms with Crippen LogP contribution >= 0.6 is 0 Å². The van der Waals surface area contributed by atoms with Gasteiger partial charge in [-0.05, 0) is 13.8 Å². The number of aromatic nitrogens is 2. The molecule has 0 aromatic carbocycles. The summed E-state index contributed by atoms with van der Waals surface area (Å²) in [6.45, 7) is 9.98.